The number of aliphatic carboxylic acids is 1. The third kappa shape index (κ3) is 3.51. The zero-order valence-corrected chi connectivity index (χ0v) is 9.91. The molecule has 0 radical (unpaired) electrons. The monoisotopic (exact) mass is 242 g/mol. The molecule has 1 rings (SSSR count). The summed E-state index contributed by atoms with van der Waals surface area (Å²) in [4.78, 5) is 10.5. The molecular formula is C13H16F2O2. The van der Waals surface area contributed by atoms with Crippen LogP contribution in [0.25, 0.3) is 0 Å². The van der Waals surface area contributed by atoms with Crippen LogP contribution in [0.2, 0.25) is 0 Å². The molecule has 0 fully saturated rings. The van der Waals surface area contributed by atoms with Gasteiger partial charge < -0.3 is 5.11 Å². The molecule has 4 heteroatoms. The van der Waals surface area contributed by atoms with Gasteiger partial charge in [-0.2, -0.15) is 0 Å². The Morgan fingerprint density at radius 2 is 1.88 bits per heavy atom. The highest BCUT2D eigenvalue weighted by atomic mass is 19.3. The van der Waals surface area contributed by atoms with E-state index < -0.39 is 11.9 Å². The van der Waals surface area contributed by atoms with Crippen LogP contribution >= 0.6 is 0 Å². The largest absolute Gasteiger partial charge is 0.481 e. The molecule has 0 bridgehead atoms. The smallest absolute Gasteiger partial charge is 0.303 e. The molecule has 1 aromatic carbocycles. The number of carboxylic acid groups (broad SMARTS) is 1. The van der Waals surface area contributed by atoms with Crippen LogP contribution in [0.15, 0.2) is 24.3 Å². The molecule has 0 aliphatic carbocycles. The first-order chi connectivity index (χ1) is 7.86. The maximum atomic E-state index is 13.3. The van der Waals surface area contributed by atoms with Crippen molar-refractivity contribution in [2.75, 3.05) is 0 Å². The minimum Gasteiger partial charge on any atom is -0.481 e. The normalized spacial score (nSPS) is 13.4. The molecule has 1 N–H and O–H groups in total. The second-order valence-electron chi connectivity index (χ2n) is 4.18. The maximum Gasteiger partial charge on any atom is 0.303 e. The standard InChI is InChI=1S/C13H16F2O2/c1-3-13(14,15)11-6-4-10(5-7-11)9(2)8-12(16)17/h4-7,9H,3,8H2,1-2H3,(H,16,17). The van der Waals surface area contributed by atoms with E-state index in [0.29, 0.717) is 0 Å². The van der Waals surface area contributed by atoms with E-state index in [-0.39, 0.29) is 24.3 Å². The highest BCUT2D eigenvalue weighted by molar-refractivity contribution is 5.67. The summed E-state index contributed by atoms with van der Waals surface area (Å²) in [6.45, 7) is 3.20. The van der Waals surface area contributed by atoms with Crippen molar-refractivity contribution in [2.45, 2.75) is 38.5 Å². The molecule has 17 heavy (non-hydrogen) atoms. The Balaban J connectivity index is 2.84. The lowest BCUT2D eigenvalue weighted by molar-refractivity contribution is -0.137. The minimum atomic E-state index is -2.81. The van der Waals surface area contributed by atoms with Crippen LogP contribution in [0.3, 0.4) is 0 Å². The Kier molecular flexibility index (Phi) is 4.21. The van der Waals surface area contributed by atoms with Crippen molar-refractivity contribution in [2.24, 2.45) is 0 Å². The molecule has 0 aliphatic rings. The van der Waals surface area contributed by atoms with Crippen molar-refractivity contribution in [1.82, 2.24) is 0 Å². The van der Waals surface area contributed by atoms with Gasteiger partial charge in [0.1, 0.15) is 0 Å². The summed E-state index contributed by atoms with van der Waals surface area (Å²) < 4.78 is 26.7. The van der Waals surface area contributed by atoms with E-state index in [1.54, 1.807) is 19.1 Å². The number of halogens is 2. The molecule has 1 atom stereocenters. The van der Waals surface area contributed by atoms with Crippen LogP contribution < -0.4 is 0 Å². The van der Waals surface area contributed by atoms with Gasteiger partial charge in [0.2, 0.25) is 0 Å². The van der Waals surface area contributed by atoms with Gasteiger partial charge in [0, 0.05) is 12.0 Å². The summed E-state index contributed by atoms with van der Waals surface area (Å²) in [7, 11) is 0. The highest BCUT2D eigenvalue weighted by Crippen LogP contribution is 2.32. The summed E-state index contributed by atoms with van der Waals surface area (Å²) in [6.07, 6.45) is -0.236. The number of hydrogen-bond acceptors (Lipinski definition) is 1. The minimum absolute atomic E-state index is 0.00349. The quantitative estimate of drug-likeness (QED) is 0.853. The van der Waals surface area contributed by atoms with Crippen LogP contribution in [0.5, 0.6) is 0 Å². The van der Waals surface area contributed by atoms with Crippen molar-refractivity contribution >= 4 is 5.97 Å². The Bertz CT molecular complexity index is 385. The van der Waals surface area contributed by atoms with Crippen molar-refractivity contribution in [3.05, 3.63) is 35.4 Å². The van der Waals surface area contributed by atoms with Gasteiger partial charge in [0.15, 0.2) is 0 Å². The van der Waals surface area contributed by atoms with Gasteiger partial charge in [-0.05, 0) is 11.5 Å². The SMILES string of the molecule is CCC(F)(F)c1ccc(C(C)CC(=O)O)cc1. The van der Waals surface area contributed by atoms with Gasteiger partial charge in [-0.15, -0.1) is 0 Å². The first-order valence-electron chi connectivity index (χ1n) is 5.57. The lowest BCUT2D eigenvalue weighted by atomic mass is 9.95. The molecule has 0 saturated carbocycles. The molecule has 0 heterocycles. The summed E-state index contributed by atoms with van der Waals surface area (Å²) in [5, 5.41) is 8.65. The van der Waals surface area contributed by atoms with Crippen LogP contribution in [0, 0.1) is 0 Å². The number of alkyl halides is 2. The second-order valence-corrected chi connectivity index (χ2v) is 4.18. The van der Waals surface area contributed by atoms with E-state index in [1.165, 1.54) is 19.1 Å². The molecular weight excluding hydrogens is 226 g/mol. The first kappa shape index (κ1) is 13.6. The molecule has 1 unspecified atom stereocenters. The number of carboxylic acids is 1. The van der Waals surface area contributed by atoms with E-state index in [2.05, 4.69) is 0 Å². The third-order valence-electron chi connectivity index (χ3n) is 2.83. The van der Waals surface area contributed by atoms with Crippen molar-refractivity contribution in [3.8, 4) is 0 Å². The average Bonchev–Trinajstić information content (AvgIpc) is 2.28. The molecule has 0 amide bonds. The van der Waals surface area contributed by atoms with E-state index in [4.69, 9.17) is 5.11 Å². The lowest BCUT2D eigenvalue weighted by Crippen LogP contribution is -2.11. The fourth-order valence-corrected chi connectivity index (χ4v) is 1.64. The predicted octanol–water partition coefficient (Wildman–Crippen LogP) is 3.77. The summed E-state index contributed by atoms with van der Waals surface area (Å²) in [6, 6.07) is 5.90. The van der Waals surface area contributed by atoms with Gasteiger partial charge in [-0.25, -0.2) is 8.78 Å². The van der Waals surface area contributed by atoms with Gasteiger partial charge in [-0.3, -0.25) is 4.79 Å². The average molecular weight is 242 g/mol. The van der Waals surface area contributed by atoms with Crippen LogP contribution in [0.4, 0.5) is 8.78 Å². The molecule has 94 valence electrons. The Hall–Kier alpha value is -1.45. The van der Waals surface area contributed by atoms with Gasteiger partial charge in [-0.1, -0.05) is 38.1 Å². The van der Waals surface area contributed by atoms with Crippen LogP contribution in [-0.2, 0) is 10.7 Å². The summed E-state index contributed by atoms with van der Waals surface area (Å²) >= 11 is 0. The van der Waals surface area contributed by atoms with E-state index in [1.807, 2.05) is 0 Å². The molecule has 0 spiro atoms. The molecule has 2 nitrogen and oxygen atoms in total. The highest BCUT2D eigenvalue weighted by Gasteiger charge is 2.28. The van der Waals surface area contributed by atoms with Gasteiger partial charge in [0.25, 0.3) is 5.92 Å². The van der Waals surface area contributed by atoms with Crippen LogP contribution in [0.1, 0.15) is 43.7 Å². The second kappa shape index (κ2) is 5.25. The zero-order valence-electron chi connectivity index (χ0n) is 9.91. The summed E-state index contributed by atoms with van der Waals surface area (Å²) in [5.74, 6) is -3.87. The van der Waals surface area contributed by atoms with Gasteiger partial charge >= 0.3 is 5.97 Å². The Morgan fingerprint density at radius 1 is 1.35 bits per heavy atom. The van der Waals surface area contributed by atoms with Crippen molar-refractivity contribution < 1.29 is 18.7 Å². The Morgan fingerprint density at radius 3 is 2.29 bits per heavy atom. The Labute approximate surface area is 99.3 Å². The molecule has 0 saturated heterocycles. The van der Waals surface area contributed by atoms with Crippen molar-refractivity contribution in [3.63, 3.8) is 0 Å². The van der Waals surface area contributed by atoms with Crippen LogP contribution in [-0.4, -0.2) is 11.1 Å². The van der Waals surface area contributed by atoms with E-state index >= 15 is 0 Å². The van der Waals surface area contributed by atoms with Crippen molar-refractivity contribution in [1.29, 1.82) is 0 Å². The van der Waals surface area contributed by atoms with E-state index in [9.17, 15) is 13.6 Å². The number of rotatable bonds is 5. The summed E-state index contributed by atoms with van der Waals surface area (Å²) in [5.41, 5.74) is 0.745. The maximum absolute atomic E-state index is 13.3. The third-order valence-corrected chi connectivity index (χ3v) is 2.83. The fourth-order valence-electron chi connectivity index (χ4n) is 1.64. The number of hydrogen-bond donors (Lipinski definition) is 1. The lowest BCUT2D eigenvalue weighted by Gasteiger charge is -2.16. The molecule has 0 aromatic heterocycles. The number of carbonyl (C=O) groups is 1. The number of benzene rings is 1. The van der Waals surface area contributed by atoms with E-state index in [0.717, 1.165) is 5.56 Å². The fraction of sp³-hybridized carbons (Fsp3) is 0.462. The molecule has 1 aromatic rings. The topological polar surface area (TPSA) is 37.3 Å². The molecule has 0 aliphatic heterocycles. The first-order valence-corrected chi connectivity index (χ1v) is 5.57. The van der Waals surface area contributed by atoms with Gasteiger partial charge in [0.05, 0.1) is 6.42 Å². The predicted molar refractivity (Wildman–Crippen MR) is 61.3 cm³/mol. The zero-order chi connectivity index (χ0) is 13.1.